The molecule has 15 heavy (non-hydrogen) atoms. The van der Waals surface area contributed by atoms with E-state index in [1.54, 1.807) is 18.2 Å². The van der Waals surface area contributed by atoms with Gasteiger partial charge in [-0.15, -0.1) is 0 Å². The van der Waals surface area contributed by atoms with Crippen molar-refractivity contribution >= 4 is 16.9 Å². The number of para-hydroxylation sites is 1. The van der Waals surface area contributed by atoms with Crippen LogP contribution in [0.3, 0.4) is 0 Å². The number of phenols is 1. The molecule has 4 nitrogen and oxygen atoms in total. The summed E-state index contributed by atoms with van der Waals surface area (Å²) in [7, 11) is 0. The predicted octanol–water partition coefficient (Wildman–Crippen LogP) is 1.64. The van der Waals surface area contributed by atoms with Gasteiger partial charge >= 0.3 is 5.97 Å². The average Bonchev–Trinajstić information content (AvgIpc) is 2.18. The summed E-state index contributed by atoms with van der Waals surface area (Å²) >= 11 is 0. The second-order valence-electron chi connectivity index (χ2n) is 2.85. The summed E-state index contributed by atoms with van der Waals surface area (Å²) in [5.74, 6) is -1.11. The number of aromatic hydroxyl groups is 1. The molecule has 0 atom stereocenters. The number of carboxylic acid groups (broad SMARTS) is 1. The molecule has 0 saturated carbocycles. The van der Waals surface area contributed by atoms with E-state index < -0.39 is 5.97 Å². The third-order valence-corrected chi connectivity index (χ3v) is 1.92. The number of nitrogens with zero attached hydrogens (tertiary/aromatic N) is 1. The fourth-order valence-electron chi connectivity index (χ4n) is 1.25. The first-order chi connectivity index (χ1) is 6.68. The zero-order valence-corrected chi connectivity index (χ0v) is 8.59. The van der Waals surface area contributed by atoms with E-state index in [2.05, 4.69) is 4.98 Å². The monoisotopic (exact) mass is 245 g/mol. The number of benzene rings is 1. The van der Waals surface area contributed by atoms with Crippen molar-refractivity contribution in [3.8, 4) is 5.75 Å². The Morgan fingerprint density at radius 2 is 1.93 bits per heavy atom. The van der Waals surface area contributed by atoms with Crippen LogP contribution in [0.1, 0.15) is 10.5 Å². The quantitative estimate of drug-likeness (QED) is 0.749. The number of carbonyl (C=O) groups is 1. The van der Waals surface area contributed by atoms with E-state index >= 15 is 0 Å². The normalized spacial score (nSPS) is 9.60. The Labute approximate surface area is 96.0 Å². The summed E-state index contributed by atoms with van der Waals surface area (Å²) < 4.78 is 0. The van der Waals surface area contributed by atoms with Crippen molar-refractivity contribution < 1.29 is 32.1 Å². The Morgan fingerprint density at radius 3 is 2.60 bits per heavy atom. The number of aromatic carboxylic acids is 1. The van der Waals surface area contributed by atoms with Gasteiger partial charge in [0.05, 0.1) is 0 Å². The van der Waals surface area contributed by atoms with E-state index in [-0.39, 0.29) is 28.5 Å². The molecule has 0 bridgehead atoms. The van der Waals surface area contributed by atoms with E-state index in [1.807, 2.05) is 0 Å². The molecule has 0 fully saturated rings. The van der Waals surface area contributed by atoms with Crippen LogP contribution in [0.4, 0.5) is 0 Å². The molecule has 0 amide bonds. The second kappa shape index (κ2) is 4.29. The average molecular weight is 245 g/mol. The van der Waals surface area contributed by atoms with Gasteiger partial charge in [-0.2, -0.15) is 0 Å². The maximum Gasteiger partial charge on any atom is 0.354 e. The SMILES string of the molecule is O=C(O)c1ccc2cccc(O)c2n1.[Fe]. The van der Waals surface area contributed by atoms with Crippen molar-refractivity contribution in [1.82, 2.24) is 4.98 Å². The molecule has 0 aliphatic heterocycles. The zero-order valence-electron chi connectivity index (χ0n) is 7.49. The molecule has 5 heteroatoms. The largest absolute Gasteiger partial charge is 0.506 e. The molecule has 2 rings (SSSR count). The van der Waals surface area contributed by atoms with E-state index in [1.165, 1.54) is 12.1 Å². The molecule has 1 heterocycles. The molecule has 0 spiro atoms. The molecule has 0 aliphatic carbocycles. The van der Waals surface area contributed by atoms with Crippen LogP contribution in [0.15, 0.2) is 30.3 Å². The Kier molecular flexibility index (Phi) is 3.29. The van der Waals surface area contributed by atoms with Crippen molar-refractivity contribution in [2.45, 2.75) is 0 Å². The van der Waals surface area contributed by atoms with Gasteiger partial charge in [-0.05, 0) is 12.1 Å². The smallest absolute Gasteiger partial charge is 0.354 e. The van der Waals surface area contributed by atoms with Crippen molar-refractivity contribution in [2.75, 3.05) is 0 Å². The minimum Gasteiger partial charge on any atom is -0.506 e. The number of aromatic nitrogens is 1. The number of rotatable bonds is 1. The standard InChI is InChI=1S/C10H7NO3.Fe/c12-8-3-1-2-6-4-5-7(10(13)14)11-9(6)8;/h1-5,12H,(H,13,14);. The predicted molar refractivity (Wildman–Crippen MR) is 50.4 cm³/mol. The molecule has 1 aromatic heterocycles. The molecule has 2 N–H and O–H groups in total. The van der Waals surface area contributed by atoms with Gasteiger partial charge in [-0.25, -0.2) is 9.78 Å². The molecule has 0 radical (unpaired) electrons. The van der Waals surface area contributed by atoms with Crippen molar-refractivity contribution in [2.24, 2.45) is 0 Å². The fourth-order valence-corrected chi connectivity index (χ4v) is 1.25. The summed E-state index contributed by atoms with van der Waals surface area (Å²) in [4.78, 5) is 14.4. The Balaban J connectivity index is 0.00000112. The first-order valence-corrected chi connectivity index (χ1v) is 4.00. The Morgan fingerprint density at radius 1 is 1.20 bits per heavy atom. The number of fused-ring (bicyclic) bond motifs is 1. The number of pyridine rings is 1. The van der Waals surface area contributed by atoms with Gasteiger partial charge in [0.1, 0.15) is 17.0 Å². The molecular weight excluding hydrogens is 238 g/mol. The van der Waals surface area contributed by atoms with Gasteiger partial charge in [0.25, 0.3) is 0 Å². The third kappa shape index (κ3) is 2.09. The summed E-state index contributed by atoms with van der Waals surface area (Å²) in [6.07, 6.45) is 0. The zero-order chi connectivity index (χ0) is 10.1. The molecular formula is C10H7FeNO3. The minimum absolute atomic E-state index is 0. The molecule has 1 aromatic carbocycles. The number of hydrogen-bond acceptors (Lipinski definition) is 3. The molecule has 0 aliphatic rings. The maximum absolute atomic E-state index is 10.6. The Hall–Kier alpha value is -1.58. The van der Waals surface area contributed by atoms with E-state index in [0.717, 1.165) is 5.39 Å². The van der Waals surface area contributed by atoms with Crippen LogP contribution in [-0.4, -0.2) is 21.2 Å². The number of carboxylic acids is 1. The van der Waals surface area contributed by atoms with Gasteiger partial charge in [0.2, 0.25) is 0 Å². The maximum atomic E-state index is 10.6. The Bertz CT molecular complexity index is 513. The minimum atomic E-state index is -1.10. The van der Waals surface area contributed by atoms with Crippen LogP contribution in [0.2, 0.25) is 0 Å². The molecule has 2 aromatic rings. The topological polar surface area (TPSA) is 70.4 Å². The first-order valence-electron chi connectivity index (χ1n) is 4.00. The molecule has 0 unspecified atom stereocenters. The van der Waals surface area contributed by atoms with Gasteiger partial charge in [0.15, 0.2) is 0 Å². The summed E-state index contributed by atoms with van der Waals surface area (Å²) in [6.45, 7) is 0. The van der Waals surface area contributed by atoms with Gasteiger partial charge < -0.3 is 10.2 Å². The third-order valence-electron chi connectivity index (χ3n) is 1.92. The number of phenolic OH excluding ortho intramolecular Hbond substituents is 1. The van der Waals surface area contributed by atoms with Crippen LogP contribution in [-0.2, 0) is 17.1 Å². The van der Waals surface area contributed by atoms with Crippen LogP contribution in [0.5, 0.6) is 5.75 Å². The van der Waals surface area contributed by atoms with E-state index in [4.69, 9.17) is 5.11 Å². The summed E-state index contributed by atoms with van der Waals surface area (Å²) in [6, 6.07) is 7.93. The first kappa shape index (κ1) is 11.5. The molecule has 0 saturated heterocycles. The van der Waals surface area contributed by atoms with Crippen LogP contribution in [0.25, 0.3) is 10.9 Å². The van der Waals surface area contributed by atoms with Crippen molar-refractivity contribution in [3.05, 3.63) is 36.0 Å². The van der Waals surface area contributed by atoms with E-state index in [0.29, 0.717) is 5.52 Å². The van der Waals surface area contributed by atoms with Crippen LogP contribution >= 0.6 is 0 Å². The fraction of sp³-hybridized carbons (Fsp3) is 0. The second-order valence-corrected chi connectivity index (χ2v) is 2.85. The van der Waals surface area contributed by atoms with Crippen LogP contribution in [0, 0.1) is 0 Å². The van der Waals surface area contributed by atoms with Gasteiger partial charge in [-0.3, -0.25) is 0 Å². The van der Waals surface area contributed by atoms with E-state index in [9.17, 15) is 9.90 Å². The van der Waals surface area contributed by atoms with Crippen molar-refractivity contribution in [3.63, 3.8) is 0 Å². The summed E-state index contributed by atoms with van der Waals surface area (Å²) in [5.41, 5.74) is 0.242. The number of hydrogen-bond donors (Lipinski definition) is 2. The van der Waals surface area contributed by atoms with Gasteiger partial charge in [0, 0.05) is 22.5 Å². The van der Waals surface area contributed by atoms with Crippen molar-refractivity contribution in [1.29, 1.82) is 0 Å². The summed E-state index contributed by atoms with van der Waals surface area (Å²) in [5, 5.41) is 18.8. The van der Waals surface area contributed by atoms with Crippen LogP contribution < -0.4 is 0 Å². The van der Waals surface area contributed by atoms with Gasteiger partial charge in [-0.1, -0.05) is 18.2 Å². The molecule has 78 valence electrons.